The van der Waals surface area contributed by atoms with Crippen LogP contribution in [0, 0.1) is 10.1 Å². The zero-order valence-corrected chi connectivity index (χ0v) is 18.4. The third-order valence-electron chi connectivity index (χ3n) is 5.06. The van der Waals surface area contributed by atoms with Crippen molar-refractivity contribution in [1.82, 2.24) is 9.55 Å². The Bertz CT molecular complexity index is 1200. The number of nitro benzene ring substituents is 1. The van der Waals surface area contributed by atoms with Crippen LogP contribution in [0.3, 0.4) is 0 Å². The molecule has 0 amide bonds. The molecule has 0 saturated carbocycles. The van der Waals surface area contributed by atoms with Gasteiger partial charge in [-0.15, -0.1) is 0 Å². The number of benzene rings is 2. The van der Waals surface area contributed by atoms with E-state index >= 15 is 0 Å². The molecule has 31 heavy (non-hydrogen) atoms. The minimum atomic E-state index is -3.56. The molecule has 2 aromatic carbocycles. The number of sulfone groups is 1. The van der Waals surface area contributed by atoms with E-state index in [-0.39, 0.29) is 16.7 Å². The molecule has 0 radical (unpaired) electrons. The number of aromatic nitrogens is 2. The Morgan fingerprint density at radius 3 is 2.68 bits per heavy atom. The first-order valence-electron chi connectivity index (χ1n) is 9.72. The van der Waals surface area contributed by atoms with Crippen molar-refractivity contribution in [3.63, 3.8) is 0 Å². The second kappa shape index (κ2) is 8.81. The topological polar surface area (TPSA) is 104 Å². The van der Waals surface area contributed by atoms with E-state index in [0.717, 1.165) is 54.8 Å². The summed E-state index contributed by atoms with van der Waals surface area (Å²) in [4.78, 5) is 15.8. The molecule has 10 heteroatoms. The van der Waals surface area contributed by atoms with E-state index in [1.165, 1.54) is 12.1 Å². The van der Waals surface area contributed by atoms with Crippen LogP contribution in [-0.2, 0) is 21.1 Å². The Kier molecular flexibility index (Phi) is 6.12. The first kappa shape index (κ1) is 21.5. The Balaban J connectivity index is 1.74. The molecule has 1 aliphatic heterocycles. The highest BCUT2D eigenvalue weighted by molar-refractivity contribution is 7.99. The van der Waals surface area contributed by atoms with Crippen molar-refractivity contribution in [1.29, 1.82) is 0 Å². The lowest BCUT2D eigenvalue weighted by atomic mass is 10.1. The van der Waals surface area contributed by atoms with E-state index in [1.807, 2.05) is 34.9 Å². The fourth-order valence-electron chi connectivity index (χ4n) is 3.50. The third-order valence-corrected chi connectivity index (χ3v) is 7.24. The van der Waals surface area contributed by atoms with Crippen molar-refractivity contribution in [3.8, 4) is 11.3 Å². The Hall–Kier alpha value is -2.69. The van der Waals surface area contributed by atoms with Gasteiger partial charge in [0.1, 0.15) is 0 Å². The number of rotatable bonds is 7. The summed E-state index contributed by atoms with van der Waals surface area (Å²) in [5.41, 5.74) is 1.62. The van der Waals surface area contributed by atoms with Gasteiger partial charge in [0.25, 0.3) is 5.69 Å². The van der Waals surface area contributed by atoms with E-state index in [9.17, 15) is 18.5 Å². The lowest BCUT2D eigenvalue weighted by Gasteiger charge is -2.16. The zero-order chi connectivity index (χ0) is 22.0. The third kappa shape index (κ3) is 4.81. The predicted molar refractivity (Wildman–Crippen MR) is 117 cm³/mol. The van der Waals surface area contributed by atoms with Crippen LogP contribution < -0.4 is 0 Å². The highest BCUT2D eigenvalue weighted by Gasteiger charge is 2.24. The molecule has 0 bridgehead atoms. The van der Waals surface area contributed by atoms with Crippen molar-refractivity contribution in [2.45, 2.75) is 40.4 Å². The number of hydrogen-bond acceptors (Lipinski definition) is 7. The second-order valence-corrected chi connectivity index (χ2v) is 10.3. The Morgan fingerprint density at radius 2 is 2.03 bits per heavy atom. The van der Waals surface area contributed by atoms with Gasteiger partial charge < -0.3 is 9.30 Å². The first-order chi connectivity index (χ1) is 14.8. The maximum Gasteiger partial charge on any atom is 0.284 e. The van der Waals surface area contributed by atoms with E-state index in [4.69, 9.17) is 4.74 Å². The normalized spacial score (nSPS) is 16.5. The van der Waals surface area contributed by atoms with Crippen molar-refractivity contribution >= 4 is 27.3 Å². The number of nitrogens with zero attached hydrogens (tertiary/aromatic N) is 3. The SMILES string of the molecule is CS(=O)(=O)c1ccc(Sc2ncc(-c3ccccc3)n2CC2CCCO2)c([N+](=O)[O-])c1. The van der Waals surface area contributed by atoms with Crippen LogP contribution in [0.4, 0.5) is 5.69 Å². The standard InChI is InChI=1S/C21H21N3O5S2/c1-31(27,28)17-9-10-20(18(12-17)24(25)26)30-21-22-13-19(15-6-3-2-4-7-15)23(21)14-16-8-5-11-29-16/h2-4,6-7,9-10,12-13,16H,5,8,11,14H2,1H3. The average Bonchev–Trinajstić information content (AvgIpc) is 3.39. The molecule has 1 fully saturated rings. The fourth-order valence-corrected chi connectivity index (χ4v) is 5.10. The molecule has 0 spiro atoms. The molecule has 2 heterocycles. The van der Waals surface area contributed by atoms with Gasteiger partial charge in [-0.1, -0.05) is 30.3 Å². The average molecular weight is 460 g/mol. The summed E-state index contributed by atoms with van der Waals surface area (Å²) in [7, 11) is -3.56. The summed E-state index contributed by atoms with van der Waals surface area (Å²) in [6.07, 6.45) is 4.78. The molecule has 1 atom stereocenters. The van der Waals surface area contributed by atoms with Gasteiger partial charge in [0.2, 0.25) is 0 Å². The lowest BCUT2D eigenvalue weighted by Crippen LogP contribution is -2.16. The molecule has 4 rings (SSSR count). The molecular formula is C21H21N3O5S2. The van der Waals surface area contributed by atoms with Gasteiger partial charge in [-0.2, -0.15) is 0 Å². The summed E-state index contributed by atoms with van der Waals surface area (Å²) in [6, 6.07) is 13.8. The lowest BCUT2D eigenvalue weighted by molar-refractivity contribution is -0.388. The predicted octanol–water partition coefficient (Wildman–Crippen LogP) is 4.19. The molecule has 0 N–H and O–H groups in total. The van der Waals surface area contributed by atoms with Gasteiger partial charge in [0.05, 0.1) is 39.3 Å². The highest BCUT2D eigenvalue weighted by Crippen LogP contribution is 2.37. The van der Waals surface area contributed by atoms with Gasteiger partial charge in [-0.3, -0.25) is 10.1 Å². The largest absolute Gasteiger partial charge is 0.376 e. The summed E-state index contributed by atoms with van der Waals surface area (Å²) in [6.45, 7) is 1.31. The molecule has 1 unspecified atom stereocenters. The van der Waals surface area contributed by atoms with Gasteiger partial charge in [-0.25, -0.2) is 13.4 Å². The number of nitro groups is 1. The van der Waals surface area contributed by atoms with Crippen LogP contribution in [0.1, 0.15) is 12.8 Å². The van der Waals surface area contributed by atoms with Crippen LogP contribution in [0.2, 0.25) is 0 Å². The van der Waals surface area contributed by atoms with Crippen molar-refractivity contribution < 1.29 is 18.1 Å². The molecule has 8 nitrogen and oxygen atoms in total. The van der Waals surface area contributed by atoms with E-state index in [2.05, 4.69) is 4.98 Å². The summed E-state index contributed by atoms with van der Waals surface area (Å²) >= 11 is 1.15. The summed E-state index contributed by atoms with van der Waals surface area (Å²) < 4.78 is 31.5. The Morgan fingerprint density at radius 1 is 1.26 bits per heavy atom. The van der Waals surface area contributed by atoms with Crippen LogP contribution in [-0.4, -0.2) is 41.9 Å². The number of ether oxygens (including phenoxy) is 1. The van der Waals surface area contributed by atoms with Crippen LogP contribution in [0.15, 0.2) is 69.7 Å². The van der Waals surface area contributed by atoms with Gasteiger partial charge in [0, 0.05) is 18.9 Å². The van der Waals surface area contributed by atoms with Crippen molar-refractivity contribution in [2.75, 3.05) is 12.9 Å². The first-order valence-corrected chi connectivity index (χ1v) is 12.4. The molecule has 1 saturated heterocycles. The highest BCUT2D eigenvalue weighted by atomic mass is 32.2. The number of hydrogen-bond donors (Lipinski definition) is 0. The van der Waals surface area contributed by atoms with Crippen LogP contribution in [0.5, 0.6) is 0 Å². The summed E-state index contributed by atoms with van der Waals surface area (Å²) in [5, 5.41) is 12.2. The smallest absolute Gasteiger partial charge is 0.284 e. The van der Waals surface area contributed by atoms with Gasteiger partial charge in [0.15, 0.2) is 15.0 Å². The fraction of sp³-hybridized carbons (Fsp3) is 0.286. The van der Waals surface area contributed by atoms with Gasteiger partial charge in [-0.05, 0) is 42.3 Å². The Labute approximate surface area is 184 Å². The van der Waals surface area contributed by atoms with Crippen molar-refractivity contribution in [3.05, 3.63) is 64.8 Å². The zero-order valence-electron chi connectivity index (χ0n) is 16.8. The molecule has 1 aromatic heterocycles. The second-order valence-electron chi connectivity index (χ2n) is 7.30. The van der Waals surface area contributed by atoms with Crippen LogP contribution >= 0.6 is 11.8 Å². The maximum atomic E-state index is 11.8. The minimum Gasteiger partial charge on any atom is -0.376 e. The van der Waals surface area contributed by atoms with Crippen LogP contribution in [0.25, 0.3) is 11.3 Å². The van der Waals surface area contributed by atoms with E-state index < -0.39 is 14.8 Å². The molecule has 1 aliphatic rings. The van der Waals surface area contributed by atoms with Gasteiger partial charge >= 0.3 is 0 Å². The quantitative estimate of drug-likeness (QED) is 0.385. The van der Waals surface area contributed by atoms with E-state index in [1.54, 1.807) is 6.20 Å². The van der Waals surface area contributed by atoms with Crippen molar-refractivity contribution in [2.24, 2.45) is 0 Å². The summed E-state index contributed by atoms with van der Waals surface area (Å²) in [5.74, 6) is 0. The number of imidazole rings is 1. The molecule has 162 valence electrons. The molecular weight excluding hydrogens is 438 g/mol. The van der Waals surface area contributed by atoms with E-state index in [0.29, 0.717) is 16.6 Å². The molecule has 3 aromatic rings. The monoisotopic (exact) mass is 459 g/mol. The molecule has 0 aliphatic carbocycles. The maximum absolute atomic E-state index is 11.8. The minimum absolute atomic E-state index is 0.0543.